The van der Waals surface area contributed by atoms with Crippen molar-refractivity contribution in [1.82, 2.24) is 4.90 Å². The molecule has 1 rings (SSSR count). The maximum absolute atomic E-state index is 11.9. The number of carbonyl (C=O) groups is 1. The zero-order chi connectivity index (χ0) is 13.4. The zero-order valence-corrected chi connectivity index (χ0v) is 11.9. The minimum Gasteiger partial charge on any atom is -0.337 e. The summed E-state index contributed by atoms with van der Waals surface area (Å²) < 4.78 is 0. The molecule has 0 atom stereocenters. The molecule has 98 valence electrons. The van der Waals surface area contributed by atoms with Gasteiger partial charge in [0, 0.05) is 30.9 Å². The van der Waals surface area contributed by atoms with E-state index in [1.807, 2.05) is 31.2 Å². The second kappa shape index (κ2) is 8.17. The van der Waals surface area contributed by atoms with Crippen LogP contribution in [0.15, 0.2) is 30.3 Å². The Morgan fingerprint density at radius 2 is 1.72 bits per heavy atom. The molecule has 0 aromatic heterocycles. The first-order chi connectivity index (χ1) is 8.67. The Morgan fingerprint density at radius 3 is 2.22 bits per heavy atom. The van der Waals surface area contributed by atoms with Crippen LogP contribution in [0.3, 0.4) is 0 Å². The first kappa shape index (κ1) is 15.1. The molecule has 0 N–H and O–H groups in total. The van der Waals surface area contributed by atoms with Gasteiger partial charge in [0.05, 0.1) is 0 Å². The maximum Gasteiger partial charge on any atom is 0.246 e. The van der Waals surface area contributed by atoms with Crippen molar-refractivity contribution in [2.24, 2.45) is 0 Å². The number of benzene rings is 1. The zero-order valence-electron chi connectivity index (χ0n) is 10.4. The van der Waals surface area contributed by atoms with Gasteiger partial charge in [0.2, 0.25) is 5.91 Å². The fraction of sp³-hybridized carbons (Fsp3) is 0.357. The molecule has 0 bridgehead atoms. The largest absolute Gasteiger partial charge is 0.337 e. The number of hydrogen-bond acceptors (Lipinski definition) is 1. The van der Waals surface area contributed by atoms with Crippen LogP contribution in [-0.2, 0) is 4.79 Å². The van der Waals surface area contributed by atoms with Gasteiger partial charge in [0.15, 0.2) is 0 Å². The molecule has 18 heavy (non-hydrogen) atoms. The third-order valence-corrected chi connectivity index (χ3v) is 2.85. The highest BCUT2D eigenvalue weighted by molar-refractivity contribution is 6.18. The summed E-state index contributed by atoms with van der Waals surface area (Å²) in [6.07, 6.45) is 3.36. The van der Waals surface area contributed by atoms with Gasteiger partial charge in [0.25, 0.3) is 0 Å². The lowest BCUT2D eigenvalue weighted by molar-refractivity contribution is -0.125. The lowest BCUT2D eigenvalue weighted by atomic mass is 10.1. The first-order valence-corrected chi connectivity index (χ1v) is 6.90. The number of aryl methyl sites for hydroxylation is 1. The fourth-order valence-electron chi connectivity index (χ4n) is 1.49. The average Bonchev–Trinajstić information content (AvgIpc) is 2.37. The summed E-state index contributed by atoms with van der Waals surface area (Å²) >= 11 is 11.3. The molecule has 0 spiro atoms. The van der Waals surface area contributed by atoms with E-state index in [0.29, 0.717) is 24.8 Å². The van der Waals surface area contributed by atoms with E-state index in [9.17, 15) is 4.79 Å². The van der Waals surface area contributed by atoms with Crippen molar-refractivity contribution >= 4 is 35.2 Å². The number of carbonyl (C=O) groups excluding carboxylic acids is 1. The van der Waals surface area contributed by atoms with Gasteiger partial charge in [-0.15, -0.1) is 23.2 Å². The third-order valence-electron chi connectivity index (χ3n) is 2.52. The Hall–Kier alpha value is -0.990. The van der Waals surface area contributed by atoms with Gasteiger partial charge < -0.3 is 4.90 Å². The van der Waals surface area contributed by atoms with Gasteiger partial charge in [0.1, 0.15) is 0 Å². The third kappa shape index (κ3) is 5.11. The Labute approximate surface area is 118 Å². The standard InChI is InChI=1S/C14H17Cl2NO/c1-12-2-4-13(5-3-12)6-7-14(18)17(10-8-15)11-9-16/h2-7H,8-11H2,1H3/b7-6+. The summed E-state index contributed by atoms with van der Waals surface area (Å²) in [7, 11) is 0. The van der Waals surface area contributed by atoms with E-state index in [1.54, 1.807) is 17.1 Å². The van der Waals surface area contributed by atoms with E-state index in [-0.39, 0.29) is 5.91 Å². The molecule has 2 nitrogen and oxygen atoms in total. The van der Waals surface area contributed by atoms with Crippen molar-refractivity contribution in [3.05, 3.63) is 41.5 Å². The number of nitrogens with zero attached hydrogens (tertiary/aromatic N) is 1. The minimum absolute atomic E-state index is 0.0584. The van der Waals surface area contributed by atoms with E-state index in [0.717, 1.165) is 5.56 Å². The van der Waals surface area contributed by atoms with Crippen LogP contribution in [-0.4, -0.2) is 35.7 Å². The van der Waals surface area contributed by atoms with Crippen molar-refractivity contribution < 1.29 is 4.79 Å². The maximum atomic E-state index is 11.9. The summed E-state index contributed by atoms with van der Waals surface area (Å²) in [5.41, 5.74) is 2.20. The molecule has 1 aromatic carbocycles. The van der Waals surface area contributed by atoms with E-state index in [4.69, 9.17) is 23.2 Å². The van der Waals surface area contributed by atoms with Crippen LogP contribution in [0.2, 0.25) is 0 Å². The molecule has 0 saturated carbocycles. The highest BCUT2D eigenvalue weighted by atomic mass is 35.5. The first-order valence-electron chi connectivity index (χ1n) is 5.83. The van der Waals surface area contributed by atoms with Crippen LogP contribution < -0.4 is 0 Å². The predicted octanol–water partition coefficient (Wildman–Crippen LogP) is 3.31. The van der Waals surface area contributed by atoms with Crippen LogP contribution in [0.4, 0.5) is 0 Å². The van der Waals surface area contributed by atoms with Crippen LogP contribution in [0.1, 0.15) is 11.1 Å². The quantitative estimate of drug-likeness (QED) is 0.580. The van der Waals surface area contributed by atoms with Gasteiger partial charge in [-0.2, -0.15) is 0 Å². The second-order valence-corrected chi connectivity index (χ2v) is 4.70. The average molecular weight is 286 g/mol. The van der Waals surface area contributed by atoms with Gasteiger partial charge in [-0.3, -0.25) is 4.79 Å². The number of amides is 1. The second-order valence-electron chi connectivity index (χ2n) is 3.95. The SMILES string of the molecule is Cc1ccc(/C=C/C(=O)N(CCCl)CCCl)cc1. The van der Waals surface area contributed by atoms with Crippen molar-refractivity contribution in [2.75, 3.05) is 24.8 Å². The summed E-state index contributed by atoms with van der Waals surface area (Å²) in [6, 6.07) is 7.98. The number of halogens is 2. The molecule has 1 aromatic rings. The number of alkyl halides is 2. The molecule has 0 fully saturated rings. The van der Waals surface area contributed by atoms with Gasteiger partial charge >= 0.3 is 0 Å². The van der Waals surface area contributed by atoms with Crippen LogP contribution in [0.5, 0.6) is 0 Å². The molecule has 0 heterocycles. The Bertz CT molecular complexity index is 395. The Balaban J connectivity index is 2.63. The van der Waals surface area contributed by atoms with Crippen LogP contribution in [0, 0.1) is 6.92 Å². The molecular weight excluding hydrogens is 269 g/mol. The number of rotatable bonds is 6. The van der Waals surface area contributed by atoms with E-state index < -0.39 is 0 Å². The van der Waals surface area contributed by atoms with Crippen molar-refractivity contribution in [3.63, 3.8) is 0 Å². The summed E-state index contributed by atoms with van der Waals surface area (Å²) in [4.78, 5) is 13.5. The summed E-state index contributed by atoms with van der Waals surface area (Å²) in [5.74, 6) is 0.777. The van der Waals surface area contributed by atoms with Gasteiger partial charge in [-0.25, -0.2) is 0 Å². The predicted molar refractivity (Wildman–Crippen MR) is 78.2 cm³/mol. The molecule has 0 radical (unpaired) electrons. The van der Waals surface area contributed by atoms with Crippen molar-refractivity contribution in [1.29, 1.82) is 0 Å². The van der Waals surface area contributed by atoms with Crippen LogP contribution in [0.25, 0.3) is 6.08 Å². The van der Waals surface area contributed by atoms with Gasteiger partial charge in [-0.1, -0.05) is 29.8 Å². The molecule has 1 amide bonds. The van der Waals surface area contributed by atoms with E-state index in [1.165, 1.54) is 5.56 Å². The number of hydrogen-bond donors (Lipinski definition) is 0. The highest BCUT2D eigenvalue weighted by Crippen LogP contribution is 2.05. The van der Waals surface area contributed by atoms with E-state index >= 15 is 0 Å². The fourth-order valence-corrected chi connectivity index (χ4v) is 1.89. The van der Waals surface area contributed by atoms with Crippen LogP contribution >= 0.6 is 23.2 Å². The Morgan fingerprint density at radius 1 is 1.17 bits per heavy atom. The summed E-state index contributed by atoms with van der Waals surface area (Å²) in [5, 5.41) is 0. The molecular formula is C14H17Cl2NO. The smallest absolute Gasteiger partial charge is 0.246 e. The van der Waals surface area contributed by atoms with Gasteiger partial charge in [-0.05, 0) is 18.6 Å². The molecule has 4 heteroatoms. The normalized spacial score (nSPS) is 10.8. The lowest BCUT2D eigenvalue weighted by Gasteiger charge is -2.18. The molecule has 0 unspecified atom stereocenters. The van der Waals surface area contributed by atoms with E-state index in [2.05, 4.69) is 0 Å². The topological polar surface area (TPSA) is 20.3 Å². The van der Waals surface area contributed by atoms with Crippen molar-refractivity contribution in [3.8, 4) is 0 Å². The minimum atomic E-state index is -0.0584. The lowest BCUT2D eigenvalue weighted by Crippen LogP contribution is -2.33. The molecule has 0 saturated heterocycles. The van der Waals surface area contributed by atoms with Crippen molar-refractivity contribution in [2.45, 2.75) is 6.92 Å². The molecule has 0 aliphatic rings. The Kier molecular flexibility index (Phi) is 6.84. The monoisotopic (exact) mass is 285 g/mol. The highest BCUT2D eigenvalue weighted by Gasteiger charge is 2.08. The molecule has 0 aliphatic carbocycles. The summed E-state index contributed by atoms with van der Waals surface area (Å²) in [6.45, 7) is 3.07. The molecule has 0 aliphatic heterocycles.